The van der Waals surface area contributed by atoms with Crippen molar-refractivity contribution in [1.29, 1.82) is 0 Å². The third-order valence-electron chi connectivity index (χ3n) is 5.05. The number of carbonyl (C=O) groups is 1. The van der Waals surface area contributed by atoms with Crippen LogP contribution in [0.1, 0.15) is 23.4 Å². The van der Waals surface area contributed by atoms with Gasteiger partial charge in [0.2, 0.25) is 5.91 Å². The maximum absolute atomic E-state index is 14.0. The van der Waals surface area contributed by atoms with Crippen LogP contribution in [-0.2, 0) is 21.8 Å². The molecule has 2 N–H and O–H groups in total. The summed E-state index contributed by atoms with van der Waals surface area (Å²) in [7, 11) is 0. The van der Waals surface area contributed by atoms with Crippen molar-refractivity contribution in [3.05, 3.63) is 53.4 Å². The van der Waals surface area contributed by atoms with Gasteiger partial charge in [0.05, 0.1) is 24.3 Å². The van der Waals surface area contributed by atoms with Crippen molar-refractivity contribution in [3.63, 3.8) is 0 Å². The van der Waals surface area contributed by atoms with Crippen molar-refractivity contribution < 1.29 is 32.4 Å². The summed E-state index contributed by atoms with van der Waals surface area (Å²) in [4.78, 5) is 22.8. The largest absolute Gasteiger partial charge is 0.445 e. The number of hydrogen-bond acceptors (Lipinski definition) is 7. The summed E-state index contributed by atoms with van der Waals surface area (Å²) in [5.74, 6) is -0.277. The van der Waals surface area contributed by atoms with Crippen molar-refractivity contribution in [2.75, 3.05) is 6.54 Å². The molecule has 160 valence electrons. The molecule has 1 unspecified atom stereocenters. The molecule has 1 aromatic carbocycles. The number of likely N-dealkylation sites (tertiary alicyclic amines) is 1. The molecule has 8 nitrogen and oxygen atoms in total. The average molecular weight is 424 g/mol. The zero-order valence-electron chi connectivity index (χ0n) is 15.9. The fourth-order valence-corrected chi connectivity index (χ4v) is 3.66. The molecular weight excluding hydrogens is 405 g/mol. The van der Waals surface area contributed by atoms with Crippen molar-refractivity contribution in [3.8, 4) is 0 Å². The van der Waals surface area contributed by atoms with Gasteiger partial charge in [-0.25, -0.2) is 15.3 Å². The second-order valence-electron chi connectivity index (χ2n) is 7.27. The van der Waals surface area contributed by atoms with E-state index in [4.69, 9.17) is 9.36 Å². The van der Waals surface area contributed by atoms with Gasteiger partial charge in [0.15, 0.2) is 0 Å². The lowest BCUT2D eigenvalue weighted by molar-refractivity contribution is -0.285. The summed E-state index contributed by atoms with van der Waals surface area (Å²) >= 11 is 0. The fourth-order valence-electron chi connectivity index (χ4n) is 3.66. The Balaban J connectivity index is 1.63. The van der Waals surface area contributed by atoms with Crippen LogP contribution in [0.2, 0.25) is 0 Å². The van der Waals surface area contributed by atoms with Gasteiger partial charge in [0, 0.05) is 24.6 Å². The number of amidine groups is 1. The second kappa shape index (κ2) is 7.40. The van der Waals surface area contributed by atoms with Crippen LogP contribution in [-0.4, -0.2) is 51.8 Å². The van der Waals surface area contributed by atoms with Gasteiger partial charge in [0.1, 0.15) is 11.6 Å². The lowest BCUT2D eigenvalue weighted by atomic mass is 10.0. The summed E-state index contributed by atoms with van der Waals surface area (Å²) in [5, 5.41) is 13.8. The number of aliphatic hydroxyl groups is 1. The lowest BCUT2D eigenvalue weighted by Gasteiger charge is -2.26. The number of amides is 1. The van der Waals surface area contributed by atoms with Crippen LogP contribution < -0.4 is 5.48 Å². The van der Waals surface area contributed by atoms with E-state index < -0.39 is 30.0 Å². The van der Waals surface area contributed by atoms with Gasteiger partial charge in [-0.05, 0) is 6.92 Å². The zero-order valence-corrected chi connectivity index (χ0v) is 15.9. The van der Waals surface area contributed by atoms with E-state index in [2.05, 4.69) is 15.6 Å². The highest BCUT2D eigenvalue weighted by molar-refractivity contribution is 5.93. The van der Waals surface area contributed by atoms with E-state index in [0.29, 0.717) is 11.5 Å². The fraction of sp³-hybridized carbons (Fsp3) is 0.421. The zero-order chi connectivity index (χ0) is 21.5. The number of aliphatic imine (C=N–C) groups is 1. The van der Waals surface area contributed by atoms with Crippen LogP contribution in [0.4, 0.5) is 13.2 Å². The number of halogens is 3. The Morgan fingerprint density at radius 3 is 2.73 bits per heavy atom. The number of alkyl halides is 3. The number of aromatic nitrogens is 1. The van der Waals surface area contributed by atoms with E-state index in [1.165, 1.54) is 29.2 Å². The first-order chi connectivity index (χ1) is 14.2. The average Bonchev–Trinajstić information content (AvgIpc) is 3.40. The van der Waals surface area contributed by atoms with Crippen LogP contribution in [0.3, 0.4) is 0 Å². The molecule has 0 bridgehead atoms. The highest BCUT2D eigenvalue weighted by atomic mass is 19.4. The number of aliphatic hydroxyl groups excluding tert-OH is 1. The smallest absolute Gasteiger partial charge is 0.391 e. The van der Waals surface area contributed by atoms with Crippen molar-refractivity contribution >= 4 is 11.7 Å². The molecule has 0 saturated carbocycles. The monoisotopic (exact) mass is 424 g/mol. The molecule has 0 radical (unpaired) electrons. The van der Waals surface area contributed by atoms with Gasteiger partial charge in [-0.1, -0.05) is 35.5 Å². The Morgan fingerprint density at radius 2 is 2.10 bits per heavy atom. The molecule has 3 atom stereocenters. The molecule has 0 aliphatic carbocycles. The van der Waals surface area contributed by atoms with Crippen LogP contribution >= 0.6 is 0 Å². The number of β-amino-alcohol motifs (C(OH)–C–C–N with tert-alkyl or cyclic N) is 1. The lowest BCUT2D eigenvalue weighted by Crippen LogP contribution is -2.45. The molecule has 1 aromatic heterocycles. The molecule has 1 fully saturated rings. The van der Waals surface area contributed by atoms with Crippen molar-refractivity contribution in [2.24, 2.45) is 4.99 Å². The number of carbonyl (C=O) groups excluding carboxylic acids is 1. The van der Waals surface area contributed by atoms with Gasteiger partial charge in [-0.3, -0.25) is 4.79 Å². The molecule has 1 saturated heterocycles. The van der Waals surface area contributed by atoms with E-state index in [-0.39, 0.29) is 30.8 Å². The Kier molecular flexibility index (Phi) is 5.02. The molecule has 11 heteroatoms. The predicted molar refractivity (Wildman–Crippen MR) is 96.9 cm³/mol. The number of nitrogens with one attached hydrogen (secondary N) is 1. The van der Waals surface area contributed by atoms with Gasteiger partial charge in [0.25, 0.3) is 0 Å². The van der Waals surface area contributed by atoms with Crippen molar-refractivity contribution in [1.82, 2.24) is 15.5 Å². The van der Waals surface area contributed by atoms with E-state index >= 15 is 0 Å². The predicted octanol–water partition coefficient (Wildman–Crippen LogP) is 1.84. The van der Waals surface area contributed by atoms with Crippen LogP contribution in [0.15, 0.2) is 45.9 Å². The first-order valence-electron chi connectivity index (χ1n) is 9.25. The van der Waals surface area contributed by atoms with Gasteiger partial charge in [-0.15, -0.1) is 0 Å². The first kappa shape index (κ1) is 20.4. The first-order valence-corrected chi connectivity index (χ1v) is 9.25. The third kappa shape index (κ3) is 3.54. The molecular formula is C19H19F3N4O4. The van der Waals surface area contributed by atoms with E-state index in [1.54, 1.807) is 19.1 Å². The maximum Gasteiger partial charge on any atom is 0.445 e. The number of hydroxylamine groups is 1. The Hall–Kier alpha value is -2.92. The number of aryl methyl sites for hydroxylation is 1. The topological polar surface area (TPSA) is 100 Å². The van der Waals surface area contributed by atoms with Gasteiger partial charge >= 0.3 is 11.9 Å². The standard InChI is InChI=1S/C19H19F3N4O4/c1-11-7-14(29-24-11)9-16(28)26-10-13(27)8-15(26)17-23-18(30-25-17,19(20,21)22)12-5-3-2-4-6-12/h2-7,13,15,27H,8-10H2,1H3,(H,23,25)/t13-,15+,18?/m1/s1. The van der Waals surface area contributed by atoms with Crippen LogP contribution in [0.5, 0.6) is 0 Å². The molecule has 2 aliphatic rings. The van der Waals surface area contributed by atoms with E-state index in [1.807, 2.05) is 0 Å². The van der Waals surface area contributed by atoms with Gasteiger partial charge in [-0.2, -0.15) is 13.2 Å². The van der Waals surface area contributed by atoms with E-state index in [0.717, 1.165) is 0 Å². The third-order valence-corrected chi connectivity index (χ3v) is 5.05. The Labute approximate surface area is 169 Å². The second-order valence-corrected chi connectivity index (χ2v) is 7.27. The number of rotatable bonds is 4. The van der Waals surface area contributed by atoms with Crippen molar-refractivity contribution in [2.45, 2.75) is 43.8 Å². The number of benzene rings is 1. The molecule has 30 heavy (non-hydrogen) atoms. The normalized spacial score (nSPS) is 26.6. The minimum Gasteiger partial charge on any atom is -0.391 e. The molecule has 4 rings (SSSR count). The number of nitrogens with zero attached hydrogens (tertiary/aromatic N) is 3. The molecule has 2 aliphatic heterocycles. The SMILES string of the molecule is Cc1cc(CC(=O)N2C[C@H](O)C[C@H]2C2=NC(c3ccccc3)(C(F)(F)F)ON2)on1. The number of hydrogen-bond donors (Lipinski definition) is 2. The van der Waals surface area contributed by atoms with Crippen LogP contribution in [0, 0.1) is 6.92 Å². The molecule has 2 aromatic rings. The summed E-state index contributed by atoms with van der Waals surface area (Å²) < 4.78 is 46.9. The minimum atomic E-state index is -4.85. The molecule has 0 spiro atoms. The summed E-state index contributed by atoms with van der Waals surface area (Å²) in [6.45, 7) is 1.66. The van der Waals surface area contributed by atoms with Crippen LogP contribution in [0.25, 0.3) is 0 Å². The van der Waals surface area contributed by atoms with E-state index in [9.17, 15) is 23.1 Å². The summed E-state index contributed by atoms with van der Waals surface area (Å²) in [6, 6.07) is 7.71. The Bertz CT molecular complexity index is 962. The quantitative estimate of drug-likeness (QED) is 0.777. The highest BCUT2D eigenvalue weighted by Crippen LogP contribution is 2.45. The Morgan fingerprint density at radius 1 is 1.37 bits per heavy atom. The maximum atomic E-state index is 14.0. The minimum absolute atomic E-state index is 0.0269. The summed E-state index contributed by atoms with van der Waals surface area (Å²) in [6.07, 6.45) is -5.87. The molecule has 3 heterocycles. The van der Waals surface area contributed by atoms with Gasteiger partial charge < -0.3 is 14.5 Å². The molecule has 1 amide bonds. The highest BCUT2D eigenvalue weighted by Gasteiger charge is 2.62. The summed E-state index contributed by atoms with van der Waals surface area (Å²) in [5.41, 5.74) is -0.279.